The largest absolute Gasteiger partial charge is 0.344 e. The molecule has 1 aliphatic carbocycles. The van der Waals surface area contributed by atoms with Crippen LogP contribution in [0.3, 0.4) is 0 Å². The van der Waals surface area contributed by atoms with Gasteiger partial charge in [0.2, 0.25) is 0 Å². The van der Waals surface area contributed by atoms with E-state index in [1.54, 1.807) is 12.4 Å². The molecule has 0 amide bonds. The molecule has 1 aromatic heterocycles. The monoisotopic (exact) mass is 337 g/mol. The molecule has 4 heteroatoms. The number of nitrogens with zero attached hydrogens (tertiary/aromatic N) is 2. The molecular weight excluding hydrogens is 314 g/mol. The van der Waals surface area contributed by atoms with Gasteiger partial charge in [-0.05, 0) is 55.1 Å². The fourth-order valence-corrected chi connectivity index (χ4v) is 3.25. The summed E-state index contributed by atoms with van der Waals surface area (Å²) in [6.07, 6.45) is 11.7. The van der Waals surface area contributed by atoms with Gasteiger partial charge in [0.05, 0.1) is 11.9 Å². The average Bonchev–Trinajstić information content (AvgIpc) is 2.64. The lowest BCUT2D eigenvalue weighted by Gasteiger charge is -2.30. The Morgan fingerprint density at radius 2 is 2.04 bits per heavy atom. The smallest absolute Gasteiger partial charge is 0.173 e. The maximum Gasteiger partial charge on any atom is 0.173 e. The number of rotatable bonds is 5. The minimum absolute atomic E-state index is 0.660. The van der Waals surface area contributed by atoms with Crippen molar-refractivity contribution in [2.75, 3.05) is 11.9 Å². The molecule has 1 atom stereocenters. The van der Waals surface area contributed by atoms with Crippen LogP contribution < -0.4 is 5.32 Å². The molecule has 0 fully saturated rings. The van der Waals surface area contributed by atoms with Gasteiger partial charge < -0.3 is 10.2 Å². The van der Waals surface area contributed by atoms with Gasteiger partial charge >= 0.3 is 0 Å². The van der Waals surface area contributed by atoms with E-state index in [1.807, 2.05) is 18.2 Å². The van der Waals surface area contributed by atoms with Crippen LogP contribution >= 0.6 is 12.2 Å². The summed E-state index contributed by atoms with van der Waals surface area (Å²) < 4.78 is 0. The first-order valence-electron chi connectivity index (χ1n) is 8.46. The van der Waals surface area contributed by atoms with E-state index in [0.717, 1.165) is 30.3 Å². The van der Waals surface area contributed by atoms with Crippen LogP contribution in [0.5, 0.6) is 0 Å². The van der Waals surface area contributed by atoms with E-state index in [4.69, 9.17) is 12.2 Å². The van der Waals surface area contributed by atoms with E-state index in [0.29, 0.717) is 5.92 Å². The quantitative estimate of drug-likeness (QED) is 0.636. The summed E-state index contributed by atoms with van der Waals surface area (Å²) in [6, 6.07) is 14.4. The number of allylic oxidation sites excluding steroid dienone is 2. The highest BCUT2D eigenvalue weighted by molar-refractivity contribution is 7.80. The lowest BCUT2D eigenvalue weighted by molar-refractivity contribution is 0.319. The fraction of sp³-hybridized carbons (Fsp3) is 0.300. The van der Waals surface area contributed by atoms with E-state index in [1.165, 1.54) is 18.4 Å². The first-order valence-corrected chi connectivity index (χ1v) is 8.87. The average molecular weight is 337 g/mol. The van der Waals surface area contributed by atoms with E-state index in [9.17, 15) is 0 Å². The Morgan fingerprint density at radius 1 is 1.17 bits per heavy atom. The Hall–Kier alpha value is -2.20. The zero-order valence-corrected chi connectivity index (χ0v) is 14.6. The first kappa shape index (κ1) is 16.7. The highest BCUT2D eigenvalue weighted by Crippen LogP contribution is 2.21. The van der Waals surface area contributed by atoms with Crippen LogP contribution in [0.4, 0.5) is 5.69 Å². The summed E-state index contributed by atoms with van der Waals surface area (Å²) >= 11 is 5.69. The van der Waals surface area contributed by atoms with Crippen molar-refractivity contribution in [2.24, 2.45) is 5.92 Å². The number of hydrogen-bond acceptors (Lipinski definition) is 2. The van der Waals surface area contributed by atoms with Gasteiger partial charge in [0.15, 0.2) is 5.11 Å². The summed E-state index contributed by atoms with van der Waals surface area (Å²) in [5.74, 6) is 0.660. The second-order valence-electron chi connectivity index (χ2n) is 6.19. The summed E-state index contributed by atoms with van der Waals surface area (Å²) in [6.45, 7) is 1.80. The molecule has 1 aliphatic rings. The highest BCUT2D eigenvalue weighted by Gasteiger charge is 2.18. The normalized spacial score (nSPS) is 16.6. The van der Waals surface area contributed by atoms with E-state index in [2.05, 4.69) is 51.6 Å². The number of hydrogen-bond donors (Lipinski definition) is 1. The standard InChI is InChI=1S/C20H23N3S/c24-20(22-19-12-7-13-21-14-19)23(15-17-8-3-1-4-9-17)16-18-10-5-2-6-11-18/h1-5,7-9,12-14,18H,6,10-11,15-16H2,(H,22,24). The van der Waals surface area contributed by atoms with Crippen molar-refractivity contribution >= 4 is 23.0 Å². The van der Waals surface area contributed by atoms with Gasteiger partial charge in [-0.25, -0.2) is 0 Å². The molecule has 0 radical (unpaired) electrons. The third kappa shape index (κ3) is 4.90. The van der Waals surface area contributed by atoms with Crippen molar-refractivity contribution in [1.29, 1.82) is 0 Å². The highest BCUT2D eigenvalue weighted by atomic mass is 32.1. The van der Waals surface area contributed by atoms with Gasteiger partial charge in [-0.2, -0.15) is 0 Å². The van der Waals surface area contributed by atoms with Gasteiger partial charge in [-0.15, -0.1) is 0 Å². The van der Waals surface area contributed by atoms with Gasteiger partial charge in [0.1, 0.15) is 0 Å². The number of anilines is 1. The van der Waals surface area contributed by atoms with Gasteiger partial charge in [0.25, 0.3) is 0 Å². The molecule has 0 bridgehead atoms. The predicted octanol–water partition coefficient (Wildman–Crippen LogP) is 4.64. The predicted molar refractivity (Wildman–Crippen MR) is 104 cm³/mol. The van der Waals surface area contributed by atoms with Gasteiger partial charge in [-0.1, -0.05) is 42.5 Å². The van der Waals surface area contributed by atoms with Gasteiger partial charge in [-0.3, -0.25) is 4.98 Å². The molecule has 3 rings (SSSR count). The molecule has 0 aliphatic heterocycles. The SMILES string of the molecule is S=C(Nc1cccnc1)N(Cc1ccccc1)CC1CC=CCC1. The molecule has 1 unspecified atom stereocenters. The van der Waals surface area contributed by atoms with Crippen LogP contribution in [-0.4, -0.2) is 21.5 Å². The molecule has 3 nitrogen and oxygen atoms in total. The minimum atomic E-state index is 0.660. The van der Waals surface area contributed by atoms with E-state index >= 15 is 0 Å². The second-order valence-corrected chi connectivity index (χ2v) is 6.58. The topological polar surface area (TPSA) is 28.2 Å². The molecule has 0 saturated heterocycles. The molecule has 0 spiro atoms. The Labute approximate surface area is 149 Å². The third-order valence-corrected chi connectivity index (χ3v) is 4.63. The third-order valence-electron chi connectivity index (χ3n) is 4.27. The molecule has 1 aromatic carbocycles. The Kier molecular flexibility index (Phi) is 5.96. The molecule has 2 aromatic rings. The molecule has 1 heterocycles. The van der Waals surface area contributed by atoms with Crippen LogP contribution in [0.1, 0.15) is 24.8 Å². The van der Waals surface area contributed by atoms with Crippen molar-refractivity contribution < 1.29 is 0 Å². The van der Waals surface area contributed by atoms with E-state index < -0.39 is 0 Å². The number of thiocarbonyl (C=S) groups is 1. The summed E-state index contributed by atoms with van der Waals surface area (Å²) in [5.41, 5.74) is 2.21. The number of pyridine rings is 1. The van der Waals surface area contributed by atoms with Crippen LogP contribution in [0.2, 0.25) is 0 Å². The Bertz CT molecular complexity index is 670. The van der Waals surface area contributed by atoms with Crippen LogP contribution in [0.25, 0.3) is 0 Å². The van der Waals surface area contributed by atoms with Gasteiger partial charge in [0, 0.05) is 19.3 Å². The second kappa shape index (κ2) is 8.60. The number of aromatic nitrogens is 1. The molecule has 24 heavy (non-hydrogen) atoms. The molecular formula is C20H23N3S. The van der Waals surface area contributed by atoms with Crippen molar-refractivity contribution in [3.63, 3.8) is 0 Å². The molecule has 0 saturated carbocycles. The zero-order valence-electron chi connectivity index (χ0n) is 13.8. The summed E-state index contributed by atoms with van der Waals surface area (Å²) in [5, 5.41) is 4.09. The number of benzene rings is 1. The maximum absolute atomic E-state index is 5.69. The van der Waals surface area contributed by atoms with Crippen molar-refractivity contribution in [3.8, 4) is 0 Å². The van der Waals surface area contributed by atoms with Crippen LogP contribution in [0, 0.1) is 5.92 Å². The Balaban J connectivity index is 1.70. The maximum atomic E-state index is 5.69. The van der Waals surface area contributed by atoms with Crippen molar-refractivity contribution in [2.45, 2.75) is 25.8 Å². The fourth-order valence-electron chi connectivity index (χ4n) is 3.00. The van der Waals surface area contributed by atoms with Crippen LogP contribution in [-0.2, 0) is 6.54 Å². The lowest BCUT2D eigenvalue weighted by atomic mass is 9.94. The molecule has 1 N–H and O–H groups in total. The molecule has 124 valence electrons. The zero-order chi connectivity index (χ0) is 16.6. The van der Waals surface area contributed by atoms with Crippen LogP contribution in [0.15, 0.2) is 67.0 Å². The lowest BCUT2D eigenvalue weighted by Crippen LogP contribution is -2.38. The number of nitrogens with one attached hydrogen (secondary N) is 1. The Morgan fingerprint density at radius 3 is 2.75 bits per heavy atom. The first-order chi connectivity index (χ1) is 11.8. The van der Waals surface area contributed by atoms with E-state index in [-0.39, 0.29) is 0 Å². The summed E-state index contributed by atoms with van der Waals surface area (Å²) in [4.78, 5) is 6.43. The van der Waals surface area contributed by atoms with Crippen molar-refractivity contribution in [3.05, 3.63) is 72.6 Å². The minimum Gasteiger partial charge on any atom is -0.344 e. The summed E-state index contributed by atoms with van der Waals surface area (Å²) in [7, 11) is 0. The van der Waals surface area contributed by atoms with Crippen molar-refractivity contribution in [1.82, 2.24) is 9.88 Å².